The fraction of sp³-hybridized carbons (Fsp3) is 0.455. The van der Waals surface area contributed by atoms with Crippen LogP contribution in [0.3, 0.4) is 0 Å². The van der Waals surface area contributed by atoms with Crippen LogP contribution < -0.4 is 5.73 Å². The maximum atomic E-state index is 9.55. The molecule has 3 N–H and O–H groups in total. The molecule has 0 spiro atoms. The summed E-state index contributed by atoms with van der Waals surface area (Å²) in [6, 6.07) is 3.79. The van der Waals surface area contributed by atoms with E-state index in [9.17, 15) is 5.11 Å². The number of nitrogens with two attached hydrogens (primary N) is 1. The highest BCUT2D eigenvalue weighted by Gasteiger charge is 2.11. The molecule has 1 aromatic carbocycles. The van der Waals surface area contributed by atoms with Crippen LogP contribution >= 0.6 is 44.3 Å². The minimum Gasteiger partial charge on any atom is -0.506 e. The Kier molecular flexibility index (Phi) is 7.64. The van der Waals surface area contributed by atoms with E-state index in [2.05, 4.69) is 38.8 Å². The van der Waals surface area contributed by atoms with Crippen molar-refractivity contribution in [3.05, 3.63) is 26.6 Å². The van der Waals surface area contributed by atoms with Crippen molar-refractivity contribution in [3.8, 4) is 5.75 Å². The van der Waals surface area contributed by atoms with Crippen molar-refractivity contribution in [1.82, 2.24) is 0 Å². The number of aromatic hydroxyl groups is 1. The average Bonchev–Trinajstić information content (AvgIpc) is 2.21. The maximum Gasteiger partial charge on any atom is 0.143 e. The second-order valence-electron chi connectivity index (χ2n) is 3.58. The van der Waals surface area contributed by atoms with Gasteiger partial charge in [-0.15, -0.1) is 12.4 Å². The molecule has 0 aliphatic heterocycles. The summed E-state index contributed by atoms with van der Waals surface area (Å²) in [4.78, 5) is 0. The highest BCUT2D eigenvalue weighted by Crippen LogP contribution is 2.35. The standard InChI is InChI=1S/C11H15Br2NO.ClH/c1-2-3-4-10(14)7-5-8(12)11(15)9(13)6-7;/h5-6,10,15H,2-4,14H2,1H3;1H/t10-;/m1./s1. The van der Waals surface area contributed by atoms with Crippen molar-refractivity contribution in [1.29, 1.82) is 0 Å². The number of unbranched alkanes of at least 4 members (excludes halogenated alkanes) is 1. The second-order valence-corrected chi connectivity index (χ2v) is 5.29. The first-order valence-electron chi connectivity index (χ1n) is 4.99. The Morgan fingerprint density at radius 3 is 2.25 bits per heavy atom. The average molecular weight is 374 g/mol. The first kappa shape index (κ1) is 16.2. The predicted octanol–water partition coefficient (Wildman–Crippen LogP) is 4.53. The molecule has 0 saturated heterocycles. The van der Waals surface area contributed by atoms with Crippen molar-refractivity contribution < 1.29 is 5.11 Å². The molecule has 92 valence electrons. The Morgan fingerprint density at radius 2 is 1.81 bits per heavy atom. The highest BCUT2D eigenvalue weighted by atomic mass is 79.9. The van der Waals surface area contributed by atoms with Crippen molar-refractivity contribution >= 4 is 44.3 Å². The van der Waals surface area contributed by atoms with Crippen LogP contribution in [-0.2, 0) is 0 Å². The van der Waals surface area contributed by atoms with Crippen LogP contribution in [0.2, 0.25) is 0 Å². The lowest BCUT2D eigenvalue weighted by molar-refractivity contribution is 0.467. The molecule has 0 heterocycles. The number of rotatable bonds is 4. The first-order chi connectivity index (χ1) is 7.06. The number of benzene rings is 1. The van der Waals surface area contributed by atoms with Crippen LogP contribution in [0.4, 0.5) is 0 Å². The summed E-state index contributed by atoms with van der Waals surface area (Å²) in [6.07, 6.45) is 3.24. The van der Waals surface area contributed by atoms with Gasteiger partial charge in [-0.3, -0.25) is 0 Å². The van der Waals surface area contributed by atoms with Gasteiger partial charge in [0.1, 0.15) is 5.75 Å². The summed E-state index contributed by atoms with van der Waals surface area (Å²) < 4.78 is 1.36. The normalized spacial score (nSPS) is 12.0. The molecule has 0 radical (unpaired) electrons. The zero-order valence-electron chi connectivity index (χ0n) is 9.04. The third kappa shape index (κ3) is 4.24. The molecule has 0 aromatic heterocycles. The van der Waals surface area contributed by atoms with Crippen LogP contribution in [-0.4, -0.2) is 5.11 Å². The van der Waals surface area contributed by atoms with Crippen molar-refractivity contribution in [2.45, 2.75) is 32.2 Å². The highest BCUT2D eigenvalue weighted by molar-refractivity contribution is 9.11. The molecule has 0 amide bonds. The lowest BCUT2D eigenvalue weighted by Crippen LogP contribution is -2.10. The van der Waals surface area contributed by atoms with Crippen LogP contribution in [0, 0.1) is 0 Å². The molecule has 0 saturated carbocycles. The number of phenols is 1. The molecule has 2 nitrogen and oxygen atoms in total. The van der Waals surface area contributed by atoms with Gasteiger partial charge in [0, 0.05) is 6.04 Å². The van der Waals surface area contributed by atoms with Crippen molar-refractivity contribution in [2.24, 2.45) is 5.73 Å². The minimum atomic E-state index is 0. The molecular weight excluding hydrogens is 357 g/mol. The van der Waals surface area contributed by atoms with E-state index in [1.54, 1.807) is 0 Å². The molecule has 0 aliphatic carbocycles. The quantitative estimate of drug-likeness (QED) is 0.815. The van der Waals surface area contributed by atoms with Gasteiger partial charge in [0.2, 0.25) is 0 Å². The van der Waals surface area contributed by atoms with E-state index < -0.39 is 0 Å². The van der Waals surface area contributed by atoms with Crippen molar-refractivity contribution in [2.75, 3.05) is 0 Å². The molecule has 0 fully saturated rings. The Morgan fingerprint density at radius 1 is 1.31 bits per heavy atom. The van der Waals surface area contributed by atoms with E-state index in [0.29, 0.717) is 8.95 Å². The molecule has 1 aromatic rings. The van der Waals surface area contributed by atoms with E-state index in [0.717, 1.165) is 24.8 Å². The van der Waals surface area contributed by atoms with Gasteiger partial charge in [-0.1, -0.05) is 19.8 Å². The van der Waals surface area contributed by atoms with E-state index in [-0.39, 0.29) is 24.2 Å². The van der Waals surface area contributed by atoms with Gasteiger partial charge in [-0.05, 0) is 56.0 Å². The molecule has 0 aliphatic rings. The largest absolute Gasteiger partial charge is 0.506 e. The first-order valence-corrected chi connectivity index (χ1v) is 6.58. The number of hydrogen-bond acceptors (Lipinski definition) is 2. The second kappa shape index (κ2) is 7.54. The summed E-state index contributed by atoms with van der Waals surface area (Å²) in [7, 11) is 0. The van der Waals surface area contributed by atoms with E-state index in [4.69, 9.17) is 5.73 Å². The fourth-order valence-electron chi connectivity index (χ4n) is 1.39. The van der Waals surface area contributed by atoms with Gasteiger partial charge in [-0.25, -0.2) is 0 Å². The van der Waals surface area contributed by atoms with Gasteiger partial charge in [0.05, 0.1) is 8.95 Å². The van der Waals surface area contributed by atoms with Gasteiger partial charge >= 0.3 is 0 Å². The summed E-state index contributed by atoms with van der Waals surface area (Å²) >= 11 is 6.60. The van der Waals surface area contributed by atoms with Gasteiger partial charge < -0.3 is 10.8 Å². The summed E-state index contributed by atoms with van der Waals surface area (Å²) in [6.45, 7) is 2.15. The lowest BCUT2D eigenvalue weighted by atomic mass is 10.0. The molecule has 16 heavy (non-hydrogen) atoms. The number of hydrogen-bond donors (Lipinski definition) is 2. The Hall–Kier alpha value is 0.230. The third-order valence-electron chi connectivity index (χ3n) is 2.34. The molecule has 0 unspecified atom stereocenters. The molecule has 1 rings (SSSR count). The summed E-state index contributed by atoms with van der Waals surface area (Å²) in [5, 5.41) is 9.55. The molecular formula is C11H16Br2ClNO. The van der Waals surface area contributed by atoms with E-state index in [1.807, 2.05) is 12.1 Å². The fourth-order valence-corrected chi connectivity index (χ4v) is 2.61. The van der Waals surface area contributed by atoms with Gasteiger partial charge in [-0.2, -0.15) is 0 Å². The van der Waals surface area contributed by atoms with Gasteiger partial charge in [0.15, 0.2) is 0 Å². The number of phenolic OH excluding ortho intramolecular Hbond substituents is 1. The van der Waals surface area contributed by atoms with Crippen LogP contribution in [0.25, 0.3) is 0 Å². The topological polar surface area (TPSA) is 46.2 Å². The monoisotopic (exact) mass is 371 g/mol. The maximum absolute atomic E-state index is 9.55. The van der Waals surface area contributed by atoms with Crippen LogP contribution in [0.15, 0.2) is 21.1 Å². The van der Waals surface area contributed by atoms with E-state index in [1.165, 1.54) is 0 Å². The van der Waals surface area contributed by atoms with Crippen molar-refractivity contribution in [3.63, 3.8) is 0 Å². The molecule has 0 bridgehead atoms. The van der Waals surface area contributed by atoms with Crippen LogP contribution in [0.5, 0.6) is 5.75 Å². The Labute approximate surface area is 119 Å². The summed E-state index contributed by atoms with van der Waals surface area (Å²) in [5.74, 6) is 0.224. The van der Waals surface area contributed by atoms with E-state index >= 15 is 0 Å². The Balaban J connectivity index is 0.00000225. The number of halogens is 3. The minimum absolute atomic E-state index is 0. The molecule has 5 heteroatoms. The lowest BCUT2D eigenvalue weighted by Gasteiger charge is -2.13. The summed E-state index contributed by atoms with van der Waals surface area (Å²) in [5.41, 5.74) is 7.09. The smallest absolute Gasteiger partial charge is 0.143 e. The third-order valence-corrected chi connectivity index (χ3v) is 3.55. The molecule has 1 atom stereocenters. The predicted molar refractivity (Wildman–Crippen MR) is 77.2 cm³/mol. The zero-order chi connectivity index (χ0) is 11.4. The van der Waals surface area contributed by atoms with Gasteiger partial charge in [0.25, 0.3) is 0 Å². The SMILES string of the molecule is CCCC[C@@H](N)c1cc(Br)c(O)c(Br)c1.Cl. The zero-order valence-corrected chi connectivity index (χ0v) is 13.0. The van der Waals surface area contributed by atoms with Crippen LogP contribution in [0.1, 0.15) is 37.8 Å². The Bertz CT molecular complexity index is 324.